The van der Waals surface area contributed by atoms with Crippen LogP contribution < -0.4 is 5.32 Å². The number of allylic oxidation sites excluding steroid dienone is 1. The van der Waals surface area contributed by atoms with Gasteiger partial charge in [0.2, 0.25) is 0 Å². The smallest absolute Gasteiger partial charge is 0.0246 e. The lowest BCUT2D eigenvalue weighted by atomic mass is 9.83. The first-order valence-electron chi connectivity index (χ1n) is 4.85. The zero-order valence-electron chi connectivity index (χ0n) is 7.51. The Labute approximate surface area is 79.0 Å². The number of nitrogens with one attached hydrogen (secondary N) is 1. The van der Waals surface area contributed by atoms with Crippen LogP contribution in [0.15, 0.2) is 12.7 Å². The zero-order chi connectivity index (χ0) is 8.44. The minimum absolute atomic E-state index is 0.576. The van der Waals surface area contributed by atoms with Crippen LogP contribution in [-0.4, -0.2) is 23.6 Å². The summed E-state index contributed by atoms with van der Waals surface area (Å²) in [6.45, 7) is 6.37. The fourth-order valence-corrected chi connectivity index (χ4v) is 4.16. The molecule has 1 spiro atoms. The lowest BCUT2D eigenvalue weighted by Crippen LogP contribution is -2.41. The van der Waals surface area contributed by atoms with Crippen molar-refractivity contribution < 1.29 is 0 Å². The van der Waals surface area contributed by atoms with Gasteiger partial charge in [-0.15, -0.1) is 6.58 Å². The third-order valence-corrected chi connectivity index (χ3v) is 4.95. The molecule has 2 heteroatoms. The minimum Gasteiger partial charge on any atom is -0.317 e. The fraction of sp³-hybridized carbons (Fsp3) is 0.800. The molecular weight excluding hydrogens is 166 g/mol. The predicted octanol–water partition coefficient (Wildman–Crippen LogP) is 2.05. The second kappa shape index (κ2) is 3.43. The van der Waals surface area contributed by atoms with Crippen LogP contribution in [0.25, 0.3) is 0 Å². The second-order valence-electron chi connectivity index (χ2n) is 3.79. The van der Waals surface area contributed by atoms with Crippen molar-refractivity contribution in [2.45, 2.75) is 24.0 Å². The topological polar surface area (TPSA) is 12.0 Å². The molecule has 2 aliphatic heterocycles. The van der Waals surface area contributed by atoms with E-state index < -0.39 is 0 Å². The van der Waals surface area contributed by atoms with Crippen LogP contribution in [-0.2, 0) is 0 Å². The molecule has 12 heavy (non-hydrogen) atoms. The van der Waals surface area contributed by atoms with Crippen LogP contribution in [0.5, 0.6) is 0 Å². The molecule has 1 nitrogen and oxygen atoms in total. The van der Waals surface area contributed by atoms with E-state index in [4.69, 9.17) is 0 Å². The van der Waals surface area contributed by atoms with Gasteiger partial charge in [-0.05, 0) is 44.0 Å². The molecule has 2 fully saturated rings. The Balaban J connectivity index is 2.10. The normalized spacial score (nSPS) is 33.8. The Morgan fingerprint density at radius 3 is 2.83 bits per heavy atom. The highest BCUT2D eigenvalue weighted by molar-refractivity contribution is 8.00. The fourth-order valence-electron chi connectivity index (χ4n) is 2.46. The van der Waals surface area contributed by atoms with E-state index in [0.29, 0.717) is 4.75 Å². The van der Waals surface area contributed by atoms with Gasteiger partial charge in [0, 0.05) is 4.75 Å². The van der Waals surface area contributed by atoms with Gasteiger partial charge < -0.3 is 5.32 Å². The van der Waals surface area contributed by atoms with E-state index in [1.165, 1.54) is 38.1 Å². The SMILES string of the molecule is C=CC1CCSC12CCNCC2. The molecule has 68 valence electrons. The molecule has 0 bridgehead atoms. The van der Waals surface area contributed by atoms with Gasteiger partial charge in [0.05, 0.1) is 0 Å². The maximum atomic E-state index is 3.96. The average molecular weight is 183 g/mol. The van der Waals surface area contributed by atoms with Gasteiger partial charge in [0.15, 0.2) is 0 Å². The molecule has 0 aromatic carbocycles. The molecule has 0 aromatic heterocycles. The van der Waals surface area contributed by atoms with Crippen molar-refractivity contribution >= 4 is 11.8 Å². The van der Waals surface area contributed by atoms with Crippen LogP contribution in [0, 0.1) is 5.92 Å². The number of rotatable bonds is 1. The minimum atomic E-state index is 0.576. The first kappa shape index (κ1) is 8.64. The van der Waals surface area contributed by atoms with Crippen LogP contribution in [0.3, 0.4) is 0 Å². The summed E-state index contributed by atoms with van der Waals surface area (Å²) in [5.41, 5.74) is 0. The number of hydrogen-bond donors (Lipinski definition) is 1. The van der Waals surface area contributed by atoms with Gasteiger partial charge >= 0.3 is 0 Å². The molecule has 1 N–H and O–H groups in total. The Morgan fingerprint density at radius 2 is 2.17 bits per heavy atom. The lowest BCUT2D eigenvalue weighted by molar-refractivity contribution is 0.350. The predicted molar refractivity (Wildman–Crippen MR) is 55.6 cm³/mol. The van der Waals surface area contributed by atoms with Crippen molar-refractivity contribution in [1.82, 2.24) is 5.32 Å². The van der Waals surface area contributed by atoms with Gasteiger partial charge in [-0.2, -0.15) is 11.8 Å². The Morgan fingerprint density at radius 1 is 1.42 bits per heavy atom. The standard InChI is InChI=1S/C10H17NS/c1-2-9-3-8-12-10(9)4-6-11-7-5-10/h2,9,11H,1,3-8H2. The highest BCUT2D eigenvalue weighted by atomic mass is 32.2. The molecule has 2 rings (SSSR count). The molecule has 2 heterocycles. The summed E-state index contributed by atoms with van der Waals surface area (Å²) in [6.07, 6.45) is 6.22. The zero-order valence-corrected chi connectivity index (χ0v) is 8.33. The summed E-state index contributed by atoms with van der Waals surface area (Å²) in [5, 5.41) is 3.43. The first-order valence-corrected chi connectivity index (χ1v) is 5.83. The molecule has 2 saturated heterocycles. The van der Waals surface area contributed by atoms with Crippen molar-refractivity contribution in [3.05, 3.63) is 12.7 Å². The third kappa shape index (κ3) is 1.31. The molecule has 0 aromatic rings. The molecule has 0 saturated carbocycles. The van der Waals surface area contributed by atoms with E-state index >= 15 is 0 Å². The quantitative estimate of drug-likeness (QED) is 0.624. The van der Waals surface area contributed by atoms with Crippen LogP contribution in [0.2, 0.25) is 0 Å². The maximum Gasteiger partial charge on any atom is 0.0246 e. The molecule has 0 radical (unpaired) electrons. The molecule has 1 unspecified atom stereocenters. The molecular formula is C10H17NS. The largest absolute Gasteiger partial charge is 0.317 e. The van der Waals surface area contributed by atoms with Gasteiger partial charge in [-0.1, -0.05) is 6.08 Å². The number of piperidine rings is 1. The van der Waals surface area contributed by atoms with E-state index in [1.54, 1.807) is 0 Å². The summed E-state index contributed by atoms with van der Waals surface area (Å²) in [5.74, 6) is 2.13. The van der Waals surface area contributed by atoms with Crippen molar-refractivity contribution in [2.24, 2.45) is 5.92 Å². The first-order chi connectivity index (χ1) is 5.87. The van der Waals surface area contributed by atoms with Crippen molar-refractivity contribution in [2.75, 3.05) is 18.8 Å². The number of hydrogen-bond acceptors (Lipinski definition) is 2. The van der Waals surface area contributed by atoms with Crippen molar-refractivity contribution in [1.29, 1.82) is 0 Å². The van der Waals surface area contributed by atoms with Crippen LogP contribution >= 0.6 is 11.8 Å². The van der Waals surface area contributed by atoms with E-state index in [2.05, 4.69) is 29.7 Å². The van der Waals surface area contributed by atoms with Crippen LogP contribution in [0.4, 0.5) is 0 Å². The summed E-state index contributed by atoms with van der Waals surface area (Å²) >= 11 is 2.19. The highest BCUT2D eigenvalue weighted by Crippen LogP contribution is 2.48. The maximum absolute atomic E-state index is 3.96. The third-order valence-electron chi connectivity index (χ3n) is 3.23. The molecule has 2 aliphatic rings. The van der Waals surface area contributed by atoms with Crippen molar-refractivity contribution in [3.8, 4) is 0 Å². The Kier molecular flexibility index (Phi) is 2.47. The summed E-state index contributed by atoms with van der Waals surface area (Å²) in [6, 6.07) is 0. The molecule has 1 atom stereocenters. The van der Waals surface area contributed by atoms with Gasteiger partial charge in [0.1, 0.15) is 0 Å². The monoisotopic (exact) mass is 183 g/mol. The molecule has 0 aliphatic carbocycles. The van der Waals surface area contributed by atoms with E-state index in [-0.39, 0.29) is 0 Å². The summed E-state index contributed by atoms with van der Waals surface area (Å²) in [7, 11) is 0. The second-order valence-corrected chi connectivity index (χ2v) is 5.30. The van der Waals surface area contributed by atoms with Gasteiger partial charge in [-0.25, -0.2) is 0 Å². The highest BCUT2D eigenvalue weighted by Gasteiger charge is 2.42. The summed E-state index contributed by atoms with van der Waals surface area (Å²) < 4.78 is 0.576. The summed E-state index contributed by atoms with van der Waals surface area (Å²) in [4.78, 5) is 0. The van der Waals surface area contributed by atoms with E-state index in [0.717, 1.165) is 5.92 Å². The molecule has 0 amide bonds. The Bertz CT molecular complexity index is 173. The number of thioether (sulfide) groups is 1. The van der Waals surface area contributed by atoms with Crippen molar-refractivity contribution in [3.63, 3.8) is 0 Å². The van der Waals surface area contributed by atoms with Gasteiger partial charge in [0.25, 0.3) is 0 Å². The van der Waals surface area contributed by atoms with Gasteiger partial charge in [-0.3, -0.25) is 0 Å². The van der Waals surface area contributed by atoms with E-state index in [9.17, 15) is 0 Å². The van der Waals surface area contributed by atoms with E-state index in [1.807, 2.05) is 0 Å². The van der Waals surface area contributed by atoms with Crippen LogP contribution in [0.1, 0.15) is 19.3 Å². The lowest BCUT2D eigenvalue weighted by Gasteiger charge is -2.37. The Hall–Kier alpha value is 0.0500. The average Bonchev–Trinajstić information content (AvgIpc) is 2.49.